The number of nitrogens with zero attached hydrogens (tertiary/aromatic N) is 4. The van der Waals surface area contributed by atoms with Gasteiger partial charge in [0, 0.05) is 44.7 Å². The van der Waals surface area contributed by atoms with Crippen LogP contribution < -0.4 is 4.74 Å². The van der Waals surface area contributed by atoms with E-state index < -0.39 is 0 Å². The third-order valence-electron chi connectivity index (χ3n) is 5.76. The van der Waals surface area contributed by atoms with Crippen molar-refractivity contribution in [3.63, 3.8) is 0 Å². The van der Waals surface area contributed by atoms with Crippen molar-refractivity contribution in [3.8, 4) is 5.75 Å². The number of benzene rings is 1. The molecule has 1 amide bonds. The van der Waals surface area contributed by atoms with Gasteiger partial charge in [-0.3, -0.25) is 9.69 Å². The molecule has 32 heavy (non-hydrogen) atoms. The lowest BCUT2D eigenvalue weighted by Crippen LogP contribution is -2.34. The number of ether oxygens (including phenoxy) is 2. The van der Waals surface area contributed by atoms with Gasteiger partial charge in [-0.15, -0.1) is 0 Å². The smallest absolute Gasteiger partial charge is 0.261 e. The van der Waals surface area contributed by atoms with E-state index >= 15 is 0 Å². The Morgan fingerprint density at radius 3 is 2.78 bits per heavy atom. The van der Waals surface area contributed by atoms with E-state index in [-0.39, 0.29) is 5.91 Å². The minimum atomic E-state index is -0.0334. The van der Waals surface area contributed by atoms with Crippen molar-refractivity contribution >= 4 is 11.5 Å². The Labute approximate surface area is 189 Å². The third-order valence-corrected chi connectivity index (χ3v) is 5.76. The lowest BCUT2D eigenvalue weighted by Gasteiger charge is -2.27. The summed E-state index contributed by atoms with van der Waals surface area (Å²) in [6.45, 7) is 5.81. The molecular formula is C25H30N4O3. The molecule has 2 aliphatic heterocycles. The van der Waals surface area contributed by atoms with Crippen molar-refractivity contribution in [2.75, 3.05) is 39.9 Å². The summed E-state index contributed by atoms with van der Waals surface area (Å²) < 4.78 is 11.1. The van der Waals surface area contributed by atoms with Gasteiger partial charge in [-0.05, 0) is 50.9 Å². The highest BCUT2D eigenvalue weighted by molar-refractivity contribution is 5.98. The highest BCUT2D eigenvalue weighted by Crippen LogP contribution is 2.27. The predicted molar refractivity (Wildman–Crippen MR) is 123 cm³/mol. The number of carbonyl (C=O) groups excluding carboxylic acids is 1. The molecule has 3 heterocycles. The highest BCUT2D eigenvalue weighted by Gasteiger charge is 2.26. The van der Waals surface area contributed by atoms with Gasteiger partial charge in [0.2, 0.25) is 0 Å². The van der Waals surface area contributed by atoms with Gasteiger partial charge in [-0.2, -0.15) is 0 Å². The Hall–Kier alpha value is -3.03. The number of rotatable bonds is 8. The van der Waals surface area contributed by atoms with E-state index in [9.17, 15) is 4.79 Å². The predicted octanol–water partition coefficient (Wildman–Crippen LogP) is 3.68. The molecule has 0 atom stereocenters. The molecule has 0 spiro atoms. The average molecular weight is 435 g/mol. The summed E-state index contributed by atoms with van der Waals surface area (Å²) in [7, 11) is 1.63. The molecule has 2 aliphatic rings. The van der Waals surface area contributed by atoms with E-state index in [1.54, 1.807) is 30.7 Å². The minimum Gasteiger partial charge on any atom is -0.462 e. The summed E-state index contributed by atoms with van der Waals surface area (Å²) in [5.41, 5.74) is 3.57. The van der Waals surface area contributed by atoms with Gasteiger partial charge in [-0.1, -0.05) is 17.7 Å². The van der Waals surface area contributed by atoms with Crippen LogP contribution in [0.5, 0.6) is 5.75 Å². The van der Waals surface area contributed by atoms with Gasteiger partial charge in [0.25, 0.3) is 5.91 Å². The number of aryl methyl sites for hydroxylation is 1. The van der Waals surface area contributed by atoms with Crippen LogP contribution in [0.1, 0.15) is 41.0 Å². The molecule has 0 saturated heterocycles. The number of hydrogen-bond acceptors (Lipinski definition) is 6. The van der Waals surface area contributed by atoms with Crippen molar-refractivity contribution in [3.05, 3.63) is 71.6 Å². The van der Waals surface area contributed by atoms with E-state index in [0.717, 1.165) is 56.0 Å². The quantitative estimate of drug-likeness (QED) is 0.591. The third kappa shape index (κ3) is 5.23. The van der Waals surface area contributed by atoms with Gasteiger partial charge in [-0.25, -0.2) is 9.97 Å². The first-order chi connectivity index (χ1) is 15.7. The van der Waals surface area contributed by atoms with Crippen LogP contribution in [-0.4, -0.2) is 65.6 Å². The zero-order chi connectivity index (χ0) is 22.3. The van der Waals surface area contributed by atoms with Gasteiger partial charge in [0.1, 0.15) is 12.0 Å². The van der Waals surface area contributed by atoms with E-state index in [1.807, 2.05) is 31.2 Å². The van der Waals surface area contributed by atoms with Crippen LogP contribution >= 0.6 is 0 Å². The molecule has 0 aliphatic carbocycles. The first-order valence-electron chi connectivity index (χ1n) is 11.1. The summed E-state index contributed by atoms with van der Waals surface area (Å²) in [5, 5.41) is 0. The molecule has 1 aromatic heterocycles. The second-order valence-electron chi connectivity index (χ2n) is 8.19. The molecule has 7 heteroatoms. The van der Waals surface area contributed by atoms with Crippen LogP contribution in [-0.2, 0) is 4.74 Å². The largest absolute Gasteiger partial charge is 0.462 e. The van der Waals surface area contributed by atoms with Crippen LogP contribution in [0, 0.1) is 6.92 Å². The average Bonchev–Trinajstić information content (AvgIpc) is 2.94. The number of methoxy groups -OCH3 is 1. The van der Waals surface area contributed by atoms with Crippen LogP contribution in [0.25, 0.3) is 5.57 Å². The molecule has 0 fully saturated rings. The van der Waals surface area contributed by atoms with E-state index in [0.29, 0.717) is 24.5 Å². The van der Waals surface area contributed by atoms with Crippen molar-refractivity contribution in [2.45, 2.75) is 26.2 Å². The van der Waals surface area contributed by atoms with Gasteiger partial charge in [0.15, 0.2) is 5.82 Å². The van der Waals surface area contributed by atoms with Crippen molar-refractivity contribution in [1.82, 2.24) is 19.8 Å². The monoisotopic (exact) mass is 434 g/mol. The fourth-order valence-electron chi connectivity index (χ4n) is 4.12. The van der Waals surface area contributed by atoms with Crippen molar-refractivity contribution in [2.24, 2.45) is 0 Å². The summed E-state index contributed by atoms with van der Waals surface area (Å²) in [6.07, 6.45) is 10.4. The fourth-order valence-corrected chi connectivity index (χ4v) is 4.12. The zero-order valence-corrected chi connectivity index (χ0v) is 18.8. The van der Waals surface area contributed by atoms with Crippen LogP contribution in [0.2, 0.25) is 0 Å². The molecule has 0 bridgehead atoms. The Bertz CT molecular complexity index is 1000. The summed E-state index contributed by atoms with van der Waals surface area (Å²) >= 11 is 0. The lowest BCUT2D eigenvalue weighted by molar-refractivity contribution is 0.0771. The molecule has 2 aromatic rings. The first-order valence-corrected chi connectivity index (χ1v) is 11.1. The maximum absolute atomic E-state index is 13.3. The van der Waals surface area contributed by atoms with E-state index in [2.05, 4.69) is 20.9 Å². The molecule has 1 aromatic carbocycles. The Balaban J connectivity index is 1.35. The van der Waals surface area contributed by atoms with Gasteiger partial charge < -0.3 is 14.4 Å². The Morgan fingerprint density at radius 1 is 1.16 bits per heavy atom. The number of hydrogen-bond donors (Lipinski definition) is 0. The molecule has 4 rings (SSSR count). The fraction of sp³-hybridized carbons (Fsp3) is 0.400. The number of aromatic nitrogens is 2. The molecule has 0 radical (unpaired) electrons. The van der Waals surface area contributed by atoms with E-state index in [1.165, 1.54) is 5.57 Å². The SMILES string of the molecule is COCC1=COc2ccc(C)cc2C(=O)N1CCCCN1CCC=C(c2ncccn2)C1. The maximum atomic E-state index is 13.3. The Kier molecular flexibility index (Phi) is 7.29. The second kappa shape index (κ2) is 10.5. The normalized spacial score (nSPS) is 16.7. The lowest BCUT2D eigenvalue weighted by atomic mass is 10.1. The zero-order valence-electron chi connectivity index (χ0n) is 18.8. The standard InChI is InChI=1S/C25H30N4O3/c1-19-8-9-23-22(15-19)25(30)29(21(17-31-2)18-32-23)14-4-3-12-28-13-5-7-20(16-28)24-26-10-6-11-27-24/h6-11,15,18H,3-5,12-14,16-17H2,1-2H3. The molecular weight excluding hydrogens is 404 g/mol. The van der Waals surface area contributed by atoms with Crippen LogP contribution in [0.15, 0.2) is 54.7 Å². The topological polar surface area (TPSA) is 67.8 Å². The summed E-state index contributed by atoms with van der Waals surface area (Å²) in [4.78, 5) is 26.3. The van der Waals surface area contributed by atoms with Crippen molar-refractivity contribution < 1.29 is 14.3 Å². The maximum Gasteiger partial charge on any atom is 0.261 e. The first kappa shape index (κ1) is 22.2. The summed E-state index contributed by atoms with van der Waals surface area (Å²) in [5.74, 6) is 1.37. The highest BCUT2D eigenvalue weighted by atomic mass is 16.5. The second-order valence-corrected chi connectivity index (χ2v) is 8.19. The molecule has 7 nitrogen and oxygen atoms in total. The van der Waals surface area contributed by atoms with Gasteiger partial charge in [0.05, 0.1) is 17.9 Å². The van der Waals surface area contributed by atoms with Crippen molar-refractivity contribution in [1.29, 1.82) is 0 Å². The minimum absolute atomic E-state index is 0.0334. The molecule has 0 unspecified atom stereocenters. The molecule has 168 valence electrons. The van der Waals surface area contributed by atoms with Crippen LogP contribution in [0.3, 0.4) is 0 Å². The van der Waals surface area contributed by atoms with Crippen LogP contribution in [0.4, 0.5) is 0 Å². The Morgan fingerprint density at radius 2 is 1.97 bits per heavy atom. The number of amides is 1. The number of carbonyl (C=O) groups is 1. The van der Waals surface area contributed by atoms with E-state index in [4.69, 9.17) is 9.47 Å². The molecule has 0 saturated carbocycles. The molecule has 0 N–H and O–H groups in total. The summed E-state index contributed by atoms with van der Waals surface area (Å²) in [6, 6.07) is 7.53. The number of fused-ring (bicyclic) bond motifs is 1. The van der Waals surface area contributed by atoms with Gasteiger partial charge >= 0.3 is 0 Å². The number of unbranched alkanes of at least 4 members (excludes halogenated alkanes) is 1.